The number of Topliss-reactive ketones (excluding diaryl/α,β-unsaturated/α-hetero) is 2. The molecule has 2 atom stereocenters. The third-order valence-corrected chi connectivity index (χ3v) is 4.11. The van der Waals surface area contributed by atoms with Crippen molar-refractivity contribution in [3.05, 3.63) is 65.2 Å². The second-order valence-electron chi connectivity index (χ2n) is 5.63. The van der Waals surface area contributed by atoms with Crippen molar-refractivity contribution in [3.8, 4) is 5.75 Å². The number of fused-ring (bicyclic) bond motifs is 1. The Bertz CT molecular complexity index is 716. The van der Waals surface area contributed by atoms with E-state index in [4.69, 9.17) is 4.74 Å². The topological polar surface area (TPSA) is 43.4 Å². The lowest BCUT2D eigenvalue weighted by Crippen LogP contribution is -2.42. The van der Waals surface area contributed by atoms with E-state index in [1.807, 2.05) is 32.0 Å². The Morgan fingerprint density at radius 2 is 1.77 bits per heavy atom. The molecule has 3 nitrogen and oxygen atoms in total. The van der Waals surface area contributed by atoms with Gasteiger partial charge in [-0.05, 0) is 25.5 Å². The smallest absolute Gasteiger partial charge is 0.181 e. The van der Waals surface area contributed by atoms with Crippen molar-refractivity contribution in [1.29, 1.82) is 0 Å². The molecule has 1 aliphatic heterocycles. The SMILES string of the molecule is CC[C@H]1Oc2ccccc2C(=O)C1C(=O)c1ccc(C)cc1. The highest BCUT2D eigenvalue weighted by atomic mass is 16.5. The maximum absolute atomic E-state index is 12.8. The van der Waals surface area contributed by atoms with Gasteiger partial charge in [-0.3, -0.25) is 9.59 Å². The fraction of sp³-hybridized carbons (Fsp3) is 0.263. The minimum absolute atomic E-state index is 0.140. The summed E-state index contributed by atoms with van der Waals surface area (Å²) < 4.78 is 5.89. The van der Waals surface area contributed by atoms with Crippen LogP contribution in [-0.2, 0) is 0 Å². The molecular weight excluding hydrogens is 276 g/mol. The van der Waals surface area contributed by atoms with Crippen LogP contribution in [0.15, 0.2) is 48.5 Å². The first-order chi connectivity index (χ1) is 10.6. The van der Waals surface area contributed by atoms with Gasteiger partial charge in [0.1, 0.15) is 17.8 Å². The van der Waals surface area contributed by atoms with Crippen molar-refractivity contribution < 1.29 is 14.3 Å². The molecule has 0 amide bonds. The number of hydrogen-bond donors (Lipinski definition) is 0. The summed E-state index contributed by atoms with van der Waals surface area (Å²) in [6.45, 7) is 3.90. The highest BCUT2D eigenvalue weighted by molar-refractivity contribution is 6.18. The number of ether oxygens (including phenoxy) is 1. The van der Waals surface area contributed by atoms with Gasteiger partial charge in [-0.2, -0.15) is 0 Å². The molecule has 0 bridgehead atoms. The molecule has 0 radical (unpaired) electrons. The van der Waals surface area contributed by atoms with Crippen LogP contribution in [0.1, 0.15) is 39.6 Å². The first-order valence-electron chi connectivity index (χ1n) is 7.52. The van der Waals surface area contributed by atoms with Gasteiger partial charge >= 0.3 is 0 Å². The third-order valence-electron chi connectivity index (χ3n) is 4.11. The maximum Gasteiger partial charge on any atom is 0.181 e. The highest BCUT2D eigenvalue weighted by Crippen LogP contribution is 2.33. The molecule has 3 heteroatoms. The Morgan fingerprint density at radius 3 is 2.45 bits per heavy atom. The lowest BCUT2D eigenvalue weighted by molar-refractivity contribution is 0.0565. The molecule has 3 rings (SSSR count). The Hall–Kier alpha value is -2.42. The van der Waals surface area contributed by atoms with Gasteiger partial charge in [-0.1, -0.05) is 48.9 Å². The van der Waals surface area contributed by atoms with Gasteiger partial charge in [0, 0.05) is 5.56 Å². The van der Waals surface area contributed by atoms with Gasteiger partial charge in [0.05, 0.1) is 5.56 Å². The number of carbonyl (C=O) groups is 2. The summed E-state index contributed by atoms with van der Waals surface area (Å²) in [5.41, 5.74) is 2.14. The molecule has 0 saturated carbocycles. The lowest BCUT2D eigenvalue weighted by Gasteiger charge is -2.31. The summed E-state index contributed by atoms with van der Waals surface area (Å²) in [7, 11) is 0. The van der Waals surface area contributed by atoms with E-state index in [1.165, 1.54) is 0 Å². The molecule has 1 aliphatic rings. The van der Waals surface area contributed by atoms with Crippen LogP contribution in [0.3, 0.4) is 0 Å². The highest BCUT2D eigenvalue weighted by Gasteiger charge is 2.41. The normalized spacial score (nSPS) is 20.2. The van der Waals surface area contributed by atoms with Crippen LogP contribution in [0.25, 0.3) is 0 Å². The van der Waals surface area contributed by atoms with Crippen molar-refractivity contribution >= 4 is 11.6 Å². The van der Waals surface area contributed by atoms with Crippen molar-refractivity contribution in [2.45, 2.75) is 26.4 Å². The quantitative estimate of drug-likeness (QED) is 0.638. The minimum atomic E-state index is -0.761. The summed E-state index contributed by atoms with van der Waals surface area (Å²) >= 11 is 0. The third kappa shape index (κ3) is 2.43. The van der Waals surface area contributed by atoms with Gasteiger partial charge < -0.3 is 4.74 Å². The van der Waals surface area contributed by atoms with Crippen LogP contribution >= 0.6 is 0 Å². The van der Waals surface area contributed by atoms with Crippen LogP contribution in [0.5, 0.6) is 5.75 Å². The number of hydrogen-bond acceptors (Lipinski definition) is 3. The number of aryl methyl sites for hydroxylation is 1. The first kappa shape index (κ1) is 14.5. The summed E-state index contributed by atoms with van der Waals surface area (Å²) in [6, 6.07) is 14.4. The number of ketones is 2. The second-order valence-corrected chi connectivity index (χ2v) is 5.63. The van der Waals surface area contributed by atoms with Gasteiger partial charge in [0.15, 0.2) is 11.6 Å². The van der Waals surface area contributed by atoms with E-state index >= 15 is 0 Å². The molecule has 0 aliphatic carbocycles. The zero-order valence-electron chi connectivity index (χ0n) is 12.7. The molecule has 0 saturated heterocycles. The molecule has 1 unspecified atom stereocenters. The van der Waals surface area contributed by atoms with Crippen molar-refractivity contribution in [3.63, 3.8) is 0 Å². The Balaban J connectivity index is 1.99. The van der Waals surface area contributed by atoms with Crippen LogP contribution in [0.2, 0.25) is 0 Å². The van der Waals surface area contributed by atoms with E-state index in [2.05, 4.69) is 0 Å². The van der Waals surface area contributed by atoms with E-state index in [0.29, 0.717) is 23.3 Å². The number of rotatable bonds is 3. The Kier molecular flexibility index (Phi) is 3.80. The van der Waals surface area contributed by atoms with Crippen molar-refractivity contribution in [2.24, 2.45) is 5.92 Å². The zero-order chi connectivity index (χ0) is 15.7. The van der Waals surface area contributed by atoms with Gasteiger partial charge in [0.25, 0.3) is 0 Å². The molecule has 1 heterocycles. The van der Waals surface area contributed by atoms with Crippen LogP contribution in [-0.4, -0.2) is 17.7 Å². The fourth-order valence-electron chi connectivity index (χ4n) is 2.84. The van der Waals surface area contributed by atoms with Crippen LogP contribution < -0.4 is 4.74 Å². The van der Waals surface area contributed by atoms with Crippen LogP contribution in [0, 0.1) is 12.8 Å². The fourth-order valence-corrected chi connectivity index (χ4v) is 2.84. The maximum atomic E-state index is 12.8. The molecule has 0 aromatic heterocycles. The average Bonchev–Trinajstić information content (AvgIpc) is 2.55. The van der Waals surface area contributed by atoms with E-state index in [0.717, 1.165) is 5.56 Å². The first-order valence-corrected chi connectivity index (χ1v) is 7.52. The molecule has 22 heavy (non-hydrogen) atoms. The molecule has 0 spiro atoms. The molecule has 0 N–H and O–H groups in total. The minimum Gasteiger partial charge on any atom is -0.488 e. The van der Waals surface area contributed by atoms with Crippen molar-refractivity contribution in [1.82, 2.24) is 0 Å². The predicted molar refractivity (Wildman–Crippen MR) is 84.5 cm³/mol. The largest absolute Gasteiger partial charge is 0.488 e. The summed E-state index contributed by atoms with van der Waals surface area (Å²) in [4.78, 5) is 25.6. The predicted octanol–water partition coefficient (Wildman–Crippen LogP) is 3.85. The summed E-state index contributed by atoms with van der Waals surface area (Å²) in [5.74, 6) is -0.486. The molecular formula is C19H18O3. The lowest BCUT2D eigenvalue weighted by atomic mass is 9.82. The average molecular weight is 294 g/mol. The Morgan fingerprint density at radius 1 is 1.09 bits per heavy atom. The Labute approximate surface area is 129 Å². The zero-order valence-corrected chi connectivity index (χ0v) is 12.7. The number of benzene rings is 2. The van der Waals surface area contributed by atoms with Crippen LogP contribution in [0.4, 0.5) is 0 Å². The monoisotopic (exact) mass is 294 g/mol. The van der Waals surface area contributed by atoms with E-state index in [-0.39, 0.29) is 11.6 Å². The standard InChI is InChI=1S/C19H18O3/c1-3-15-17(18(20)13-10-8-12(2)9-11-13)19(21)14-6-4-5-7-16(14)22-15/h4-11,15,17H,3H2,1-2H3/t15-,17?/m1/s1. The molecule has 0 fully saturated rings. The molecule has 2 aromatic rings. The summed E-state index contributed by atoms with van der Waals surface area (Å²) in [6.07, 6.45) is 0.207. The van der Waals surface area contributed by atoms with Crippen molar-refractivity contribution in [2.75, 3.05) is 0 Å². The molecule has 112 valence electrons. The molecule has 2 aromatic carbocycles. The van der Waals surface area contributed by atoms with E-state index in [9.17, 15) is 9.59 Å². The van der Waals surface area contributed by atoms with E-state index < -0.39 is 12.0 Å². The number of para-hydroxylation sites is 1. The van der Waals surface area contributed by atoms with Gasteiger partial charge in [-0.25, -0.2) is 0 Å². The summed E-state index contributed by atoms with van der Waals surface area (Å²) in [5, 5.41) is 0. The van der Waals surface area contributed by atoms with E-state index in [1.54, 1.807) is 30.3 Å². The van der Waals surface area contributed by atoms with Gasteiger partial charge in [-0.15, -0.1) is 0 Å². The van der Waals surface area contributed by atoms with Gasteiger partial charge in [0.2, 0.25) is 0 Å². The second kappa shape index (κ2) is 5.76. The number of carbonyl (C=O) groups excluding carboxylic acids is 2.